The summed E-state index contributed by atoms with van der Waals surface area (Å²) in [5.41, 5.74) is -0.751. The molecule has 0 aromatic heterocycles. The number of halogens is 4. The Hall–Kier alpha value is -2.00. The molecule has 2 rings (SSSR count). The number of amides is 1. The van der Waals surface area contributed by atoms with Crippen molar-refractivity contribution < 1.29 is 32.6 Å². The van der Waals surface area contributed by atoms with Crippen LogP contribution >= 0.6 is 12.4 Å². The SMILES string of the molecule is Cl.O=C(CN1CCC(C(=O)O)C1)NCCOc1ccc(C(F)(F)F)cc1. The Kier molecular flexibility index (Phi) is 8.16. The van der Waals surface area contributed by atoms with E-state index in [4.69, 9.17) is 9.84 Å². The molecule has 1 aromatic carbocycles. The van der Waals surface area contributed by atoms with E-state index in [2.05, 4.69) is 5.32 Å². The average molecular weight is 397 g/mol. The first-order chi connectivity index (χ1) is 11.8. The maximum absolute atomic E-state index is 12.4. The summed E-state index contributed by atoms with van der Waals surface area (Å²) in [6.45, 7) is 1.35. The smallest absolute Gasteiger partial charge is 0.416 e. The van der Waals surface area contributed by atoms with E-state index in [-0.39, 0.29) is 43.8 Å². The lowest BCUT2D eigenvalue weighted by atomic mass is 10.1. The molecule has 0 bridgehead atoms. The van der Waals surface area contributed by atoms with Crippen LogP contribution in [0.1, 0.15) is 12.0 Å². The second kappa shape index (κ2) is 9.63. The highest BCUT2D eigenvalue weighted by Gasteiger charge is 2.30. The van der Waals surface area contributed by atoms with Crippen LogP contribution in [-0.4, -0.2) is 54.7 Å². The third-order valence-corrected chi connectivity index (χ3v) is 3.86. The molecular weight excluding hydrogens is 377 g/mol. The maximum atomic E-state index is 12.4. The van der Waals surface area contributed by atoms with Gasteiger partial charge in [-0.05, 0) is 37.2 Å². The Bertz CT molecular complexity index is 611. The van der Waals surface area contributed by atoms with Crippen molar-refractivity contribution in [1.29, 1.82) is 0 Å². The molecule has 6 nitrogen and oxygen atoms in total. The number of carboxylic acid groups (broad SMARTS) is 1. The summed E-state index contributed by atoms with van der Waals surface area (Å²) >= 11 is 0. The molecule has 1 amide bonds. The van der Waals surface area contributed by atoms with Crippen LogP contribution in [0.5, 0.6) is 5.75 Å². The van der Waals surface area contributed by atoms with E-state index in [1.807, 2.05) is 0 Å². The number of rotatable bonds is 7. The summed E-state index contributed by atoms with van der Waals surface area (Å²) in [5.74, 6) is -1.25. The first kappa shape index (κ1) is 22.0. The molecule has 1 saturated heterocycles. The average Bonchev–Trinajstić information content (AvgIpc) is 3.00. The summed E-state index contributed by atoms with van der Waals surface area (Å²) in [5, 5.41) is 11.5. The monoisotopic (exact) mass is 396 g/mol. The van der Waals surface area contributed by atoms with Crippen LogP contribution < -0.4 is 10.1 Å². The molecule has 1 aliphatic rings. The molecule has 10 heteroatoms. The van der Waals surface area contributed by atoms with Gasteiger partial charge in [0.2, 0.25) is 5.91 Å². The molecule has 1 heterocycles. The summed E-state index contributed by atoms with van der Waals surface area (Å²) in [6.07, 6.45) is -3.86. The number of nitrogens with one attached hydrogen (secondary N) is 1. The van der Waals surface area contributed by atoms with Gasteiger partial charge in [0.05, 0.1) is 24.6 Å². The highest BCUT2D eigenvalue weighted by atomic mass is 35.5. The van der Waals surface area contributed by atoms with Crippen molar-refractivity contribution in [3.05, 3.63) is 29.8 Å². The third kappa shape index (κ3) is 6.72. The second-order valence-corrected chi connectivity index (χ2v) is 5.78. The molecule has 1 aliphatic heterocycles. The van der Waals surface area contributed by atoms with Crippen LogP contribution in [0.3, 0.4) is 0 Å². The van der Waals surface area contributed by atoms with Crippen molar-refractivity contribution in [2.75, 3.05) is 32.8 Å². The molecule has 1 atom stereocenters. The number of carbonyl (C=O) groups is 2. The Labute approximate surface area is 154 Å². The lowest BCUT2D eigenvalue weighted by molar-refractivity contribution is -0.141. The minimum absolute atomic E-state index is 0. The molecule has 1 aromatic rings. The third-order valence-electron chi connectivity index (χ3n) is 3.86. The number of carboxylic acids is 1. The predicted octanol–water partition coefficient (Wildman–Crippen LogP) is 2.03. The number of benzene rings is 1. The number of nitrogens with zero attached hydrogens (tertiary/aromatic N) is 1. The van der Waals surface area contributed by atoms with Crippen molar-refractivity contribution in [2.24, 2.45) is 5.92 Å². The van der Waals surface area contributed by atoms with E-state index in [0.717, 1.165) is 12.1 Å². The van der Waals surface area contributed by atoms with Crippen molar-refractivity contribution in [3.63, 3.8) is 0 Å². The zero-order valence-electron chi connectivity index (χ0n) is 13.8. The van der Waals surface area contributed by atoms with Gasteiger partial charge in [-0.25, -0.2) is 0 Å². The Morgan fingerprint density at radius 1 is 1.27 bits per heavy atom. The summed E-state index contributed by atoms with van der Waals surface area (Å²) in [7, 11) is 0. The van der Waals surface area contributed by atoms with Gasteiger partial charge in [-0.3, -0.25) is 14.5 Å². The van der Waals surface area contributed by atoms with Crippen LogP contribution in [0, 0.1) is 5.92 Å². The van der Waals surface area contributed by atoms with E-state index in [0.29, 0.717) is 19.5 Å². The van der Waals surface area contributed by atoms with E-state index < -0.39 is 23.6 Å². The number of likely N-dealkylation sites (tertiary alicyclic amines) is 1. The molecular formula is C16H20ClF3N2O4. The zero-order chi connectivity index (χ0) is 18.4. The van der Waals surface area contributed by atoms with E-state index in [9.17, 15) is 22.8 Å². The molecule has 0 spiro atoms. The van der Waals surface area contributed by atoms with Crippen molar-refractivity contribution >= 4 is 24.3 Å². The second-order valence-electron chi connectivity index (χ2n) is 5.78. The Balaban J connectivity index is 0.00000338. The number of carbonyl (C=O) groups excluding carboxylic acids is 1. The standard InChI is InChI=1S/C16H19F3N2O4.ClH/c17-16(18,19)12-1-3-13(4-2-12)25-8-6-20-14(22)10-21-7-5-11(9-21)15(23)24;/h1-4,11H,5-10H2,(H,20,22)(H,23,24);1H. The van der Waals surface area contributed by atoms with Gasteiger partial charge < -0.3 is 15.2 Å². The number of hydrogen-bond donors (Lipinski definition) is 2. The number of hydrogen-bond acceptors (Lipinski definition) is 4. The highest BCUT2D eigenvalue weighted by Crippen LogP contribution is 2.30. The maximum Gasteiger partial charge on any atom is 0.416 e. The topological polar surface area (TPSA) is 78.9 Å². The highest BCUT2D eigenvalue weighted by molar-refractivity contribution is 5.85. The van der Waals surface area contributed by atoms with Gasteiger partial charge in [0.1, 0.15) is 12.4 Å². The lowest BCUT2D eigenvalue weighted by Crippen LogP contribution is -2.38. The molecule has 0 aliphatic carbocycles. The fourth-order valence-electron chi connectivity index (χ4n) is 2.54. The Morgan fingerprint density at radius 2 is 1.92 bits per heavy atom. The fourth-order valence-corrected chi connectivity index (χ4v) is 2.54. The minimum Gasteiger partial charge on any atom is -0.492 e. The summed E-state index contributed by atoms with van der Waals surface area (Å²) < 4.78 is 42.5. The van der Waals surface area contributed by atoms with Crippen molar-refractivity contribution in [2.45, 2.75) is 12.6 Å². The number of ether oxygens (including phenoxy) is 1. The van der Waals surface area contributed by atoms with Gasteiger partial charge in [-0.2, -0.15) is 13.2 Å². The van der Waals surface area contributed by atoms with Gasteiger partial charge in [0.25, 0.3) is 0 Å². The van der Waals surface area contributed by atoms with Gasteiger partial charge in [0, 0.05) is 6.54 Å². The summed E-state index contributed by atoms with van der Waals surface area (Å²) in [6, 6.07) is 4.31. The quantitative estimate of drug-likeness (QED) is 0.689. The molecule has 26 heavy (non-hydrogen) atoms. The van der Waals surface area contributed by atoms with E-state index in [1.54, 1.807) is 4.90 Å². The predicted molar refractivity (Wildman–Crippen MR) is 89.4 cm³/mol. The van der Waals surface area contributed by atoms with Gasteiger partial charge in [-0.1, -0.05) is 0 Å². The van der Waals surface area contributed by atoms with Gasteiger partial charge in [0.15, 0.2) is 0 Å². The van der Waals surface area contributed by atoms with Crippen LogP contribution in [0.4, 0.5) is 13.2 Å². The number of alkyl halides is 3. The largest absolute Gasteiger partial charge is 0.492 e. The van der Waals surface area contributed by atoms with Crippen LogP contribution in [0.15, 0.2) is 24.3 Å². The first-order valence-corrected chi connectivity index (χ1v) is 7.77. The van der Waals surface area contributed by atoms with Crippen LogP contribution in [0.2, 0.25) is 0 Å². The molecule has 0 saturated carbocycles. The zero-order valence-corrected chi connectivity index (χ0v) is 14.6. The van der Waals surface area contributed by atoms with Gasteiger partial charge >= 0.3 is 12.1 Å². The first-order valence-electron chi connectivity index (χ1n) is 7.77. The molecule has 146 valence electrons. The molecule has 1 fully saturated rings. The number of aliphatic carboxylic acids is 1. The normalized spacial score (nSPS) is 17.4. The van der Waals surface area contributed by atoms with Gasteiger partial charge in [-0.15, -0.1) is 12.4 Å². The van der Waals surface area contributed by atoms with Crippen LogP contribution in [-0.2, 0) is 15.8 Å². The van der Waals surface area contributed by atoms with E-state index >= 15 is 0 Å². The molecule has 2 N–H and O–H groups in total. The minimum atomic E-state index is -4.39. The fraction of sp³-hybridized carbons (Fsp3) is 0.500. The molecule has 1 unspecified atom stereocenters. The van der Waals surface area contributed by atoms with Crippen molar-refractivity contribution in [1.82, 2.24) is 10.2 Å². The Morgan fingerprint density at radius 3 is 2.46 bits per heavy atom. The lowest BCUT2D eigenvalue weighted by Gasteiger charge is -2.15. The summed E-state index contributed by atoms with van der Waals surface area (Å²) in [4.78, 5) is 24.4. The molecule has 0 radical (unpaired) electrons. The van der Waals surface area contributed by atoms with Crippen molar-refractivity contribution in [3.8, 4) is 5.75 Å². The van der Waals surface area contributed by atoms with E-state index in [1.165, 1.54) is 12.1 Å². The van der Waals surface area contributed by atoms with Crippen LogP contribution in [0.25, 0.3) is 0 Å².